The molecule has 6 nitrogen and oxygen atoms in total. The Bertz CT molecular complexity index is 545. The predicted octanol–water partition coefficient (Wildman–Crippen LogP) is 2.24. The second kappa shape index (κ2) is 7.85. The lowest BCUT2D eigenvalue weighted by Crippen LogP contribution is -2.59. The third-order valence-corrected chi connectivity index (χ3v) is 3.90. The Hall–Kier alpha value is -2.24. The molecule has 23 heavy (non-hydrogen) atoms. The number of piperazine rings is 1. The third-order valence-electron chi connectivity index (χ3n) is 3.90. The highest BCUT2D eigenvalue weighted by Crippen LogP contribution is 2.23. The van der Waals surface area contributed by atoms with Crippen LogP contribution in [-0.2, 0) is 4.79 Å². The summed E-state index contributed by atoms with van der Waals surface area (Å²) in [5.74, 6) is 0.724. The maximum atomic E-state index is 12.6. The van der Waals surface area contributed by atoms with Gasteiger partial charge in [0.25, 0.3) is 0 Å². The van der Waals surface area contributed by atoms with Crippen LogP contribution in [0.5, 0.6) is 5.75 Å². The van der Waals surface area contributed by atoms with Crippen LogP contribution in [-0.4, -0.2) is 49.1 Å². The molecular formula is C17H25N3O3. The van der Waals surface area contributed by atoms with Crippen LogP contribution in [0.2, 0.25) is 0 Å². The number of nitrogens with one attached hydrogen (secondary N) is 1. The molecule has 0 spiro atoms. The maximum absolute atomic E-state index is 12.6. The summed E-state index contributed by atoms with van der Waals surface area (Å²) >= 11 is 0. The van der Waals surface area contributed by atoms with E-state index >= 15 is 0 Å². The zero-order valence-electron chi connectivity index (χ0n) is 14.0. The number of benzene rings is 1. The molecule has 1 fully saturated rings. The minimum Gasteiger partial charge on any atom is -0.494 e. The van der Waals surface area contributed by atoms with Crippen LogP contribution in [0.3, 0.4) is 0 Å². The van der Waals surface area contributed by atoms with Gasteiger partial charge >= 0.3 is 6.03 Å². The van der Waals surface area contributed by atoms with E-state index in [-0.39, 0.29) is 11.9 Å². The summed E-state index contributed by atoms with van der Waals surface area (Å²) in [6.07, 6.45) is 0.875. The van der Waals surface area contributed by atoms with E-state index < -0.39 is 6.04 Å². The molecule has 1 saturated heterocycles. The number of ether oxygens (including phenoxy) is 1. The van der Waals surface area contributed by atoms with Crippen molar-refractivity contribution in [2.75, 3.05) is 31.1 Å². The second-order valence-corrected chi connectivity index (χ2v) is 5.52. The van der Waals surface area contributed by atoms with Crippen molar-refractivity contribution in [3.05, 3.63) is 24.3 Å². The number of carbonyl (C=O) groups is 2. The summed E-state index contributed by atoms with van der Waals surface area (Å²) in [5.41, 5.74) is 0.832. The highest BCUT2D eigenvalue weighted by atomic mass is 16.5. The smallest absolute Gasteiger partial charge is 0.318 e. The van der Waals surface area contributed by atoms with Gasteiger partial charge in [-0.1, -0.05) is 6.92 Å². The topological polar surface area (TPSA) is 61.9 Å². The molecule has 0 aromatic heterocycles. The third kappa shape index (κ3) is 3.94. The number of rotatable bonds is 5. The molecule has 0 saturated carbocycles. The molecule has 126 valence electrons. The molecule has 6 heteroatoms. The molecule has 0 bridgehead atoms. The SMILES string of the molecule is CCCNC(=O)N1CCN(c2ccc(OCC)cc2)C(=O)C1C. The zero-order valence-corrected chi connectivity index (χ0v) is 14.0. The first-order valence-electron chi connectivity index (χ1n) is 8.17. The van der Waals surface area contributed by atoms with E-state index in [1.165, 1.54) is 0 Å². The molecule has 1 heterocycles. The molecule has 1 atom stereocenters. The molecule has 1 unspecified atom stereocenters. The van der Waals surface area contributed by atoms with Gasteiger partial charge in [-0.25, -0.2) is 4.79 Å². The van der Waals surface area contributed by atoms with Crippen molar-refractivity contribution in [1.82, 2.24) is 10.2 Å². The number of carbonyl (C=O) groups excluding carboxylic acids is 2. The zero-order chi connectivity index (χ0) is 16.8. The van der Waals surface area contributed by atoms with Crippen molar-refractivity contribution < 1.29 is 14.3 Å². The molecule has 0 aliphatic carbocycles. The van der Waals surface area contributed by atoms with Crippen LogP contribution in [0.25, 0.3) is 0 Å². The average molecular weight is 319 g/mol. The minimum atomic E-state index is -0.466. The monoisotopic (exact) mass is 319 g/mol. The van der Waals surface area contributed by atoms with E-state index in [2.05, 4.69) is 5.32 Å². The van der Waals surface area contributed by atoms with Crippen LogP contribution < -0.4 is 15.0 Å². The van der Waals surface area contributed by atoms with Crippen molar-refractivity contribution in [3.8, 4) is 5.75 Å². The van der Waals surface area contributed by atoms with Crippen LogP contribution in [0.15, 0.2) is 24.3 Å². The Morgan fingerprint density at radius 3 is 2.57 bits per heavy atom. The Morgan fingerprint density at radius 2 is 1.96 bits per heavy atom. The first-order chi connectivity index (χ1) is 11.1. The normalized spacial score (nSPS) is 18.0. The highest BCUT2D eigenvalue weighted by molar-refractivity contribution is 6.00. The molecule has 2 rings (SSSR count). The summed E-state index contributed by atoms with van der Waals surface area (Å²) in [4.78, 5) is 28.0. The summed E-state index contributed by atoms with van der Waals surface area (Å²) in [6.45, 7) is 7.96. The summed E-state index contributed by atoms with van der Waals surface area (Å²) in [6, 6.07) is 6.84. The van der Waals surface area contributed by atoms with Crippen molar-refractivity contribution in [2.24, 2.45) is 0 Å². The molecule has 1 aromatic rings. The summed E-state index contributed by atoms with van der Waals surface area (Å²) in [5, 5.41) is 2.83. The van der Waals surface area contributed by atoms with Crippen molar-refractivity contribution in [2.45, 2.75) is 33.2 Å². The molecule has 1 aromatic carbocycles. The van der Waals surface area contributed by atoms with Crippen LogP contribution in [0.4, 0.5) is 10.5 Å². The van der Waals surface area contributed by atoms with E-state index in [9.17, 15) is 9.59 Å². The molecule has 1 aliphatic heterocycles. The number of hydrogen-bond donors (Lipinski definition) is 1. The number of nitrogens with zero attached hydrogens (tertiary/aromatic N) is 2. The predicted molar refractivity (Wildman–Crippen MR) is 89.8 cm³/mol. The first kappa shape index (κ1) is 17.1. The van der Waals surface area contributed by atoms with Crippen LogP contribution in [0.1, 0.15) is 27.2 Å². The fourth-order valence-corrected chi connectivity index (χ4v) is 2.63. The molecule has 1 N–H and O–H groups in total. The van der Waals surface area contributed by atoms with Gasteiger partial charge in [-0.3, -0.25) is 4.79 Å². The van der Waals surface area contributed by atoms with Gasteiger partial charge in [0.05, 0.1) is 6.61 Å². The van der Waals surface area contributed by atoms with Gasteiger partial charge < -0.3 is 19.9 Å². The van der Waals surface area contributed by atoms with E-state index in [4.69, 9.17) is 4.74 Å². The van der Waals surface area contributed by atoms with Crippen molar-refractivity contribution >= 4 is 17.6 Å². The van der Waals surface area contributed by atoms with Crippen LogP contribution in [0, 0.1) is 0 Å². The Labute approximate surface area is 137 Å². The highest BCUT2D eigenvalue weighted by Gasteiger charge is 2.34. The van der Waals surface area contributed by atoms with E-state index in [0.717, 1.165) is 17.9 Å². The lowest BCUT2D eigenvalue weighted by Gasteiger charge is -2.39. The van der Waals surface area contributed by atoms with Crippen molar-refractivity contribution in [3.63, 3.8) is 0 Å². The van der Waals surface area contributed by atoms with Gasteiger partial charge in [0.1, 0.15) is 11.8 Å². The largest absolute Gasteiger partial charge is 0.494 e. The Morgan fingerprint density at radius 1 is 1.26 bits per heavy atom. The molecule has 3 amide bonds. The summed E-state index contributed by atoms with van der Waals surface area (Å²) < 4.78 is 5.42. The molecular weight excluding hydrogens is 294 g/mol. The Balaban J connectivity index is 2.04. The minimum absolute atomic E-state index is 0.0629. The lowest BCUT2D eigenvalue weighted by molar-refractivity contribution is -0.124. The lowest BCUT2D eigenvalue weighted by atomic mass is 10.1. The first-order valence-corrected chi connectivity index (χ1v) is 8.17. The molecule has 0 radical (unpaired) electrons. The van der Waals surface area contributed by atoms with E-state index in [1.54, 1.807) is 16.7 Å². The Kier molecular flexibility index (Phi) is 5.84. The number of hydrogen-bond acceptors (Lipinski definition) is 3. The fraction of sp³-hybridized carbons (Fsp3) is 0.529. The maximum Gasteiger partial charge on any atom is 0.318 e. The van der Waals surface area contributed by atoms with Gasteiger partial charge in [0.2, 0.25) is 5.91 Å². The van der Waals surface area contributed by atoms with Gasteiger partial charge in [0.15, 0.2) is 0 Å². The van der Waals surface area contributed by atoms with Gasteiger partial charge in [-0.15, -0.1) is 0 Å². The standard InChI is InChI=1S/C17H25N3O3/c1-4-10-18-17(22)19-11-12-20(16(21)13(19)3)14-6-8-15(9-7-14)23-5-2/h6-9,13H,4-5,10-12H2,1-3H3,(H,18,22). The number of urea groups is 1. The number of amides is 3. The van der Waals surface area contributed by atoms with E-state index in [1.807, 2.05) is 38.1 Å². The fourth-order valence-electron chi connectivity index (χ4n) is 2.63. The molecule has 1 aliphatic rings. The quantitative estimate of drug-likeness (QED) is 0.905. The van der Waals surface area contributed by atoms with Gasteiger partial charge in [-0.05, 0) is 44.5 Å². The van der Waals surface area contributed by atoms with Gasteiger partial charge in [0, 0.05) is 25.3 Å². The second-order valence-electron chi connectivity index (χ2n) is 5.52. The van der Waals surface area contributed by atoms with Crippen molar-refractivity contribution in [1.29, 1.82) is 0 Å². The summed E-state index contributed by atoms with van der Waals surface area (Å²) in [7, 11) is 0. The van der Waals surface area contributed by atoms with Gasteiger partial charge in [-0.2, -0.15) is 0 Å². The average Bonchev–Trinajstić information content (AvgIpc) is 2.56. The number of anilines is 1. The van der Waals surface area contributed by atoms with E-state index in [0.29, 0.717) is 26.2 Å². The van der Waals surface area contributed by atoms with Crippen LogP contribution >= 0.6 is 0 Å².